The predicted molar refractivity (Wildman–Crippen MR) is 142 cm³/mol. The number of benzene rings is 2. The zero-order valence-corrected chi connectivity index (χ0v) is 22.7. The average Bonchev–Trinajstić information content (AvgIpc) is 2.97. The number of thioether (sulfide) groups is 1. The first-order chi connectivity index (χ1) is 19.2. The van der Waals surface area contributed by atoms with Gasteiger partial charge in [0, 0.05) is 40.4 Å². The smallest absolute Gasteiger partial charge is 0.249 e. The van der Waals surface area contributed by atoms with Crippen molar-refractivity contribution in [3.8, 4) is 5.75 Å². The highest BCUT2D eigenvalue weighted by molar-refractivity contribution is 7.99. The number of ether oxygens (including phenoxy) is 1. The number of likely N-dealkylation sites (tertiary alicyclic amines) is 1. The van der Waals surface area contributed by atoms with Gasteiger partial charge in [0.2, 0.25) is 5.91 Å². The Bertz CT molecular complexity index is 1350. The van der Waals surface area contributed by atoms with Crippen LogP contribution in [0.1, 0.15) is 42.9 Å². The maximum Gasteiger partial charge on any atom is 0.249 e. The zero-order valence-electron chi connectivity index (χ0n) is 21.9. The fourth-order valence-corrected chi connectivity index (χ4v) is 6.24. The van der Waals surface area contributed by atoms with Gasteiger partial charge in [-0.1, -0.05) is 0 Å². The van der Waals surface area contributed by atoms with Crippen molar-refractivity contribution in [2.75, 3.05) is 32.5 Å². The van der Waals surface area contributed by atoms with Crippen molar-refractivity contribution in [1.29, 1.82) is 0 Å². The van der Waals surface area contributed by atoms with Crippen LogP contribution in [0.4, 0.5) is 17.6 Å². The van der Waals surface area contributed by atoms with Crippen molar-refractivity contribution in [2.45, 2.75) is 43.4 Å². The van der Waals surface area contributed by atoms with E-state index in [0.717, 1.165) is 17.8 Å². The summed E-state index contributed by atoms with van der Waals surface area (Å²) in [6.07, 6.45) is 1.42. The Hall–Kier alpha value is -2.93. The van der Waals surface area contributed by atoms with Crippen LogP contribution in [0.5, 0.6) is 5.75 Å². The fourth-order valence-electron chi connectivity index (χ4n) is 5.25. The van der Waals surface area contributed by atoms with Crippen LogP contribution in [0.2, 0.25) is 0 Å². The lowest BCUT2D eigenvalue weighted by Crippen LogP contribution is -2.48. The molecule has 1 fully saturated rings. The highest BCUT2D eigenvalue weighted by atomic mass is 32.2. The molecule has 216 valence electrons. The maximum absolute atomic E-state index is 13.9. The topological polar surface area (TPSA) is 94.9 Å². The number of nitrogens with zero attached hydrogens (tertiary/aromatic N) is 2. The molecular formula is C28H31F4N3O4S. The molecule has 3 N–H and O–H groups in total. The molecule has 2 aromatic carbocycles. The van der Waals surface area contributed by atoms with Crippen LogP contribution < -0.4 is 10.2 Å². The molecule has 3 aromatic rings. The second kappa shape index (κ2) is 13.2. The number of hydroxylamine groups is 1. The molecule has 1 aliphatic rings. The van der Waals surface area contributed by atoms with E-state index < -0.39 is 41.6 Å². The van der Waals surface area contributed by atoms with Crippen molar-refractivity contribution >= 4 is 28.6 Å². The lowest BCUT2D eigenvalue weighted by Gasteiger charge is -2.40. The van der Waals surface area contributed by atoms with Crippen molar-refractivity contribution in [3.05, 3.63) is 65.1 Å². The highest BCUT2D eigenvalue weighted by Gasteiger charge is 2.41. The summed E-state index contributed by atoms with van der Waals surface area (Å²) in [5, 5.41) is 21.2. The third-order valence-electron chi connectivity index (χ3n) is 7.59. The fraction of sp³-hybridized carbons (Fsp3) is 0.429. The van der Waals surface area contributed by atoms with Gasteiger partial charge in [0.15, 0.2) is 11.6 Å². The summed E-state index contributed by atoms with van der Waals surface area (Å²) in [7, 11) is 1.51. The van der Waals surface area contributed by atoms with E-state index in [-0.39, 0.29) is 23.3 Å². The van der Waals surface area contributed by atoms with Crippen LogP contribution in [0.3, 0.4) is 0 Å². The van der Waals surface area contributed by atoms with E-state index in [1.807, 2.05) is 4.90 Å². The SMILES string of the molecule is COc1ccc2ncc(CF)c(C(O)CCC3(C(=O)NO)CCN(CCSc4cc(F)cc(F)c4F)CC3)c2c1. The van der Waals surface area contributed by atoms with Crippen LogP contribution in [-0.4, -0.2) is 58.6 Å². The largest absolute Gasteiger partial charge is 0.497 e. The van der Waals surface area contributed by atoms with E-state index in [1.54, 1.807) is 23.7 Å². The van der Waals surface area contributed by atoms with Crippen molar-refractivity contribution in [3.63, 3.8) is 0 Å². The Morgan fingerprint density at radius 3 is 2.65 bits per heavy atom. The van der Waals surface area contributed by atoms with Gasteiger partial charge in [-0.2, -0.15) is 0 Å². The van der Waals surface area contributed by atoms with Crippen LogP contribution in [0, 0.1) is 22.9 Å². The van der Waals surface area contributed by atoms with Crippen LogP contribution in [-0.2, 0) is 11.5 Å². The van der Waals surface area contributed by atoms with E-state index in [2.05, 4.69) is 4.98 Å². The van der Waals surface area contributed by atoms with Gasteiger partial charge in [0.05, 0.1) is 24.1 Å². The monoisotopic (exact) mass is 581 g/mol. The predicted octanol–water partition coefficient (Wildman–Crippen LogP) is 5.32. The number of aliphatic hydroxyl groups is 1. The zero-order chi connectivity index (χ0) is 28.9. The van der Waals surface area contributed by atoms with E-state index >= 15 is 0 Å². The molecule has 0 bridgehead atoms. The van der Waals surface area contributed by atoms with E-state index in [0.29, 0.717) is 66.5 Å². The minimum atomic E-state index is -1.24. The van der Waals surface area contributed by atoms with Crippen molar-refractivity contribution < 1.29 is 37.4 Å². The summed E-state index contributed by atoms with van der Waals surface area (Å²) in [4.78, 5) is 19.0. The summed E-state index contributed by atoms with van der Waals surface area (Å²) < 4.78 is 60.0. The summed E-state index contributed by atoms with van der Waals surface area (Å²) in [5.41, 5.74) is 2.00. The van der Waals surface area contributed by atoms with Gasteiger partial charge in [-0.15, -0.1) is 11.8 Å². The summed E-state index contributed by atoms with van der Waals surface area (Å²) in [6.45, 7) is 0.630. The molecule has 1 atom stereocenters. The molecule has 0 saturated carbocycles. The van der Waals surface area contributed by atoms with Gasteiger partial charge < -0.3 is 14.7 Å². The number of nitrogens with one attached hydrogen (secondary N) is 1. The molecule has 1 unspecified atom stereocenters. The summed E-state index contributed by atoms with van der Waals surface area (Å²) in [5.74, 6) is -2.82. The molecule has 0 spiro atoms. The number of aliphatic hydroxyl groups excluding tert-OH is 1. The number of carbonyl (C=O) groups is 1. The quantitative estimate of drug-likeness (QED) is 0.0928. The third-order valence-corrected chi connectivity index (χ3v) is 8.59. The molecule has 12 heteroatoms. The molecule has 1 saturated heterocycles. The second-order valence-electron chi connectivity index (χ2n) is 9.88. The molecule has 4 rings (SSSR count). The Balaban J connectivity index is 1.42. The minimum absolute atomic E-state index is 0.105. The molecule has 40 heavy (non-hydrogen) atoms. The van der Waals surface area contributed by atoms with Gasteiger partial charge in [0.1, 0.15) is 18.2 Å². The number of piperidine rings is 1. The molecule has 0 radical (unpaired) electrons. The van der Waals surface area contributed by atoms with E-state index in [1.165, 1.54) is 13.3 Å². The van der Waals surface area contributed by atoms with Crippen LogP contribution in [0.25, 0.3) is 10.9 Å². The summed E-state index contributed by atoms with van der Waals surface area (Å²) >= 11 is 1.00. The van der Waals surface area contributed by atoms with Gasteiger partial charge >= 0.3 is 0 Å². The Morgan fingerprint density at radius 1 is 1.23 bits per heavy atom. The van der Waals surface area contributed by atoms with Crippen LogP contribution in [0.15, 0.2) is 41.4 Å². The third kappa shape index (κ3) is 6.51. The van der Waals surface area contributed by atoms with Gasteiger partial charge in [-0.3, -0.25) is 15.0 Å². The Kier molecular flexibility index (Phi) is 9.88. The number of alkyl halides is 1. The molecule has 1 aromatic heterocycles. The van der Waals surface area contributed by atoms with Gasteiger partial charge in [-0.25, -0.2) is 23.0 Å². The first-order valence-corrected chi connectivity index (χ1v) is 13.8. The molecule has 7 nitrogen and oxygen atoms in total. The average molecular weight is 582 g/mol. The number of fused-ring (bicyclic) bond motifs is 1. The van der Waals surface area contributed by atoms with Crippen LogP contribution >= 0.6 is 11.8 Å². The highest BCUT2D eigenvalue weighted by Crippen LogP contribution is 2.40. The molecule has 1 amide bonds. The van der Waals surface area contributed by atoms with Gasteiger partial charge in [-0.05, 0) is 68.6 Å². The Labute approximate surface area is 233 Å². The molecule has 1 aliphatic heterocycles. The number of methoxy groups -OCH3 is 1. The number of hydrogen-bond donors (Lipinski definition) is 3. The first-order valence-electron chi connectivity index (χ1n) is 12.8. The first kappa shape index (κ1) is 30.0. The standard InChI is InChI=1S/C28H31F4N3O4S/c1-39-19-2-3-22-20(14-19)25(17(15-29)16-33-22)23(36)4-5-28(27(37)34-38)6-8-35(9-7-28)10-11-40-24-13-18(30)12-21(31)26(24)32/h2-3,12-14,16,23,36,38H,4-11,15H2,1H3,(H,34,37). The maximum atomic E-state index is 13.9. The van der Waals surface area contributed by atoms with Gasteiger partial charge in [0.25, 0.3) is 0 Å². The molecular weight excluding hydrogens is 550 g/mol. The molecule has 2 heterocycles. The van der Waals surface area contributed by atoms with Crippen molar-refractivity contribution in [2.24, 2.45) is 5.41 Å². The number of halogens is 4. The number of pyridine rings is 1. The normalized spacial score (nSPS) is 16.2. The number of carbonyl (C=O) groups excluding carboxylic acids is 1. The minimum Gasteiger partial charge on any atom is -0.497 e. The second-order valence-corrected chi connectivity index (χ2v) is 11.0. The lowest BCUT2D eigenvalue weighted by atomic mass is 9.73. The number of aromatic nitrogens is 1. The lowest BCUT2D eigenvalue weighted by molar-refractivity contribution is -0.143. The number of rotatable bonds is 11. The van der Waals surface area contributed by atoms with E-state index in [9.17, 15) is 32.7 Å². The number of hydrogen-bond acceptors (Lipinski definition) is 7. The number of amides is 1. The molecule has 0 aliphatic carbocycles. The van der Waals surface area contributed by atoms with E-state index in [4.69, 9.17) is 4.74 Å². The Morgan fingerprint density at radius 2 is 1.98 bits per heavy atom. The summed E-state index contributed by atoms with van der Waals surface area (Å²) in [6, 6.07) is 6.59. The van der Waals surface area contributed by atoms with Crippen molar-refractivity contribution in [1.82, 2.24) is 15.4 Å².